The number of furan rings is 1. The van der Waals surface area contributed by atoms with Crippen LogP contribution in [0.1, 0.15) is 29.9 Å². The van der Waals surface area contributed by atoms with Gasteiger partial charge in [-0.25, -0.2) is 4.79 Å². The first-order valence-corrected chi connectivity index (χ1v) is 7.18. The molecular formula is C17H18NO4+. The lowest BCUT2D eigenvalue weighted by molar-refractivity contribution is -0.709. The maximum atomic E-state index is 11.8. The van der Waals surface area contributed by atoms with Gasteiger partial charge in [0.15, 0.2) is 5.76 Å². The lowest BCUT2D eigenvalue weighted by Crippen LogP contribution is -2.83. The summed E-state index contributed by atoms with van der Waals surface area (Å²) in [6.07, 6.45) is 1.65. The molecule has 3 aromatic rings. The van der Waals surface area contributed by atoms with Gasteiger partial charge in [-0.1, -0.05) is 0 Å². The van der Waals surface area contributed by atoms with E-state index in [4.69, 9.17) is 8.83 Å². The molecule has 114 valence electrons. The molecule has 1 aromatic carbocycles. The Morgan fingerprint density at radius 1 is 1.32 bits per heavy atom. The Bertz CT molecular complexity index is 849. The zero-order chi connectivity index (χ0) is 15.7. The molecular weight excluding hydrogens is 282 g/mol. The van der Waals surface area contributed by atoms with E-state index in [9.17, 15) is 9.90 Å². The number of benzene rings is 1. The minimum Gasteiger partial charge on any atom is -0.508 e. The molecule has 1 atom stereocenters. The van der Waals surface area contributed by atoms with E-state index in [-0.39, 0.29) is 11.8 Å². The summed E-state index contributed by atoms with van der Waals surface area (Å²) < 4.78 is 10.6. The average Bonchev–Trinajstić information content (AvgIpc) is 3.03. The zero-order valence-electron chi connectivity index (χ0n) is 12.5. The molecule has 5 nitrogen and oxygen atoms in total. The number of phenolic OH excluding ortho intramolecular Hbond substituents is 1. The summed E-state index contributed by atoms with van der Waals surface area (Å²) in [4.78, 5) is 11.8. The van der Waals surface area contributed by atoms with Crippen LogP contribution in [0.5, 0.6) is 5.75 Å². The van der Waals surface area contributed by atoms with Crippen LogP contribution in [0.2, 0.25) is 0 Å². The van der Waals surface area contributed by atoms with E-state index in [0.29, 0.717) is 17.7 Å². The second-order valence-electron chi connectivity index (χ2n) is 5.42. The highest BCUT2D eigenvalue weighted by atomic mass is 16.4. The highest BCUT2D eigenvalue weighted by Gasteiger charge is 2.15. The fourth-order valence-electron chi connectivity index (χ4n) is 2.55. The number of phenols is 1. The quantitative estimate of drug-likeness (QED) is 0.724. The topological polar surface area (TPSA) is 80.2 Å². The van der Waals surface area contributed by atoms with Crippen LogP contribution in [0.4, 0.5) is 0 Å². The fraction of sp³-hybridized carbons (Fsp3) is 0.235. The van der Waals surface area contributed by atoms with Gasteiger partial charge in [-0.05, 0) is 38.1 Å². The van der Waals surface area contributed by atoms with Crippen LogP contribution < -0.4 is 10.9 Å². The van der Waals surface area contributed by atoms with Crippen LogP contribution in [-0.4, -0.2) is 5.11 Å². The van der Waals surface area contributed by atoms with Crippen molar-refractivity contribution in [1.29, 1.82) is 0 Å². The Hall–Kier alpha value is -2.53. The second kappa shape index (κ2) is 5.69. The largest absolute Gasteiger partial charge is 0.508 e. The average molecular weight is 300 g/mol. The van der Waals surface area contributed by atoms with E-state index >= 15 is 0 Å². The second-order valence-corrected chi connectivity index (χ2v) is 5.42. The number of rotatable bonds is 4. The molecule has 0 spiro atoms. The summed E-state index contributed by atoms with van der Waals surface area (Å²) in [5, 5.41) is 12.7. The number of aryl methyl sites for hydroxylation is 1. The molecule has 0 aliphatic rings. The molecule has 0 amide bonds. The monoisotopic (exact) mass is 300 g/mol. The predicted octanol–water partition coefficient (Wildman–Crippen LogP) is 2.22. The summed E-state index contributed by atoms with van der Waals surface area (Å²) in [5.41, 5.74) is 1.50. The van der Waals surface area contributed by atoms with Gasteiger partial charge in [0.25, 0.3) is 0 Å². The number of nitrogens with two attached hydrogens (primary N) is 1. The minimum absolute atomic E-state index is 0.126. The minimum atomic E-state index is -0.407. The van der Waals surface area contributed by atoms with Crippen LogP contribution in [0.15, 0.2) is 50.2 Å². The summed E-state index contributed by atoms with van der Waals surface area (Å²) in [6, 6.07) is 8.84. The Balaban J connectivity index is 1.94. The van der Waals surface area contributed by atoms with Gasteiger partial charge in [-0.2, -0.15) is 0 Å². The number of fused-ring (bicyclic) bond motifs is 1. The van der Waals surface area contributed by atoms with Crippen LogP contribution in [0, 0.1) is 6.92 Å². The predicted molar refractivity (Wildman–Crippen MR) is 81.6 cm³/mol. The lowest BCUT2D eigenvalue weighted by Gasteiger charge is -2.10. The number of quaternary nitrogens is 1. The van der Waals surface area contributed by atoms with Gasteiger partial charge in [0, 0.05) is 22.6 Å². The van der Waals surface area contributed by atoms with Crippen LogP contribution in [0.25, 0.3) is 11.0 Å². The van der Waals surface area contributed by atoms with Crippen molar-refractivity contribution in [3.8, 4) is 5.75 Å². The summed E-state index contributed by atoms with van der Waals surface area (Å²) in [5.74, 6) is 1.02. The van der Waals surface area contributed by atoms with Gasteiger partial charge >= 0.3 is 5.63 Å². The molecule has 0 unspecified atom stereocenters. The van der Waals surface area contributed by atoms with Crippen molar-refractivity contribution in [2.75, 3.05) is 0 Å². The zero-order valence-corrected chi connectivity index (χ0v) is 12.5. The highest BCUT2D eigenvalue weighted by molar-refractivity contribution is 5.84. The van der Waals surface area contributed by atoms with Gasteiger partial charge in [0.05, 0.1) is 6.26 Å². The van der Waals surface area contributed by atoms with Crippen molar-refractivity contribution in [2.45, 2.75) is 26.4 Å². The van der Waals surface area contributed by atoms with Crippen LogP contribution >= 0.6 is 0 Å². The van der Waals surface area contributed by atoms with Gasteiger partial charge in [-0.3, -0.25) is 0 Å². The van der Waals surface area contributed by atoms with Gasteiger partial charge in [0.2, 0.25) is 0 Å². The normalized spacial score (nSPS) is 12.6. The maximum Gasteiger partial charge on any atom is 0.336 e. The third kappa shape index (κ3) is 2.63. The first-order chi connectivity index (χ1) is 10.6. The van der Waals surface area contributed by atoms with Gasteiger partial charge in [0.1, 0.15) is 23.9 Å². The smallest absolute Gasteiger partial charge is 0.336 e. The van der Waals surface area contributed by atoms with Crippen LogP contribution in [-0.2, 0) is 6.54 Å². The highest BCUT2D eigenvalue weighted by Crippen LogP contribution is 2.27. The summed E-state index contributed by atoms with van der Waals surface area (Å²) >= 11 is 0. The summed E-state index contributed by atoms with van der Waals surface area (Å²) in [7, 11) is 0. The molecule has 22 heavy (non-hydrogen) atoms. The molecule has 0 radical (unpaired) electrons. The van der Waals surface area contributed by atoms with Gasteiger partial charge in [-0.15, -0.1) is 0 Å². The first kappa shape index (κ1) is 14.4. The van der Waals surface area contributed by atoms with E-state index in [1.54, 1.807) is 25.3 Å². The SMILES string of the molecule is Cc1c(O)ccc2c(C[NH2+][C@@H](C)c3ccco3)cc(=O)oc12. The summed E-state index contributed by atoms with van der Waals surface area (Å²) in [6.45, 7) is 4.40. The molecule has 0 aliphatic carbocycles. The first-order valence-electron chi connectivity index (χ1n) is 7.18. The molecule has 0 saturated heterocycles. The van der Waals surface area contributed by atoms with Crippen molar-refractivity contribution >= 4 is 11.0 Å². The third-order valence-electron chi connectivity index (χ3n) is 3.90. The Morgan fingerprint density at radius 2 is 2.14 bits per heavy atom. The van der Waals surface area contributed by atoms with Crippen molar-refractivity contribution in [3.63, 3.8) is 0 Å². The number of hydrogen-bond acceptors (Lipinski definition) is 4. The van der Waals surface area contributed by atoms with E-state index < -0.39 is 5.63 Å². The lowest BCUT2D eigenvalue weighted by atomic mass is 10.1. The van der Waals surface area contributed by atoms with Crippen molar-refractivity contribution in [3.05, 3.63) is 63.9 Å². The van der Waals surface area contributed by atoms with Crippen molar-refractivity contribution < 1.29 is 19.3 Å². The molecule has 3 rings (SSSR count). The molecule has 0 bridgehead atoms. The maximum absolute atomic E-state index is 11.8. The van der Waals surface area contributed by atoms with E-state index in [0.717, 1.165) is 16.7 Å². The Kier molecular flexibility index (Phi) is 3.73. The van der Waals surface area contributed by atoms with E-state index in [1.807, 2.05) is 19.1 Å². The molecule has 0 aliphatic heterocycles. The van der Waals surface area contributed by atoms with Crippen molar-refractivity contribution in [2.24, 2.45) is 0 Å². The number of hydrogen-bond donors (Lipinski definition) is 2. The van der Waals surface area contributed by atoms with Crippen molar-refractivity contribution in [1.82, 2.24) is 0 Å². The van der Waals surface area contributed by atoms with E-state index in [1.165, 1.54) is 6.07 Å². The molecule has 2 heterocycles. The molecule has 0 fully saturated rings. The van der Waals surface area contributed by atoms with Crippen LogP contribution in [0.3, 0.4) is 0 Å². The molecule has 0 saturated carbocycles. The Labute approximate surface area is 127 Å². The fourth-order valence-corrected chi connectivity index (χ4v) is 2.55. The van der Waals surface area contributed by atoms with Gasteiger partial charge < -0.3 is 19.3 Å². The van der Waals surface area contributed by atoms with E-state index in [2.05, 4.69) is 5.32 Å². The molecule has 2 aromatic heterocycles. The standard InChI is InChI=1S/C17H17NO4/c1-10-14(19)6-5-13-12(8-16(20)22-17(10)13)9-18-11(2)15-4-3-7-21-15/h3-8,11,18-19H,9H2,1-2H3/p+1/t11-/m0/s1. The number of aromatic hydroxyl groups is 1. The Morgan fingerprint density at radius 3 is 2.86 bits per heavy atom. The third-order valence-corrected chi connectivity index (χ3v) is 3.90. The molecule has 5 heteroatoms. The molecule has 3 N–H and O–H groups in total.